The Morgan fingerprint density at radius 1 is 1.33 bits per heavy atom. The largest absolute Gasteiger partial charge is 0.354 e. The Morgan fingerprint density at radius 3 is 2.44 bits per heavy atom. The number of halogens is 1. The molecule has 0 bridgehead atoms. The first kappa shape index (κ1) is 14.6. The average molecular weight is 252 g/mol. The number of amides is 1. The summed E-state index contributed by atoms with van der Waals surface area (Å²) in [5.41, 5.74) is 5.21. The third-order valence-corrected chi connectivity index (χ3v) is 2.82. The van der Waals surface area contributed by atoms with Gasteiger partial charge >= 0.3 is 0 Å². The molecule has 0 aromatic heterocycles. The Morgan fingerprint density at radius 2 is 1.94 bits per heavy atom. The van der Waals surface area contributed by atoms with Crippen molar-refractivity contribution in [1.29, 1.82) is 0 Å². The number of benzene rings is 1. The molecule has 100 valence electrons. The first-order valence-electron chi connectivity index (χ1n) is 5.96. The molecular formula is C14H21FN2O. The van der Waals surface area contributed by atoms with E-state index in [2.05, 4.69) is 5.32 Å². The molecule has 0 radical (unpaired) electrons. The Balaban J connectivity index is 2.83. The maximum atomic E-state index is 13.2. The van der Waals surface area contributed by atoms with Crippen molar-refractivity contribution in [1.82, 2.24) is 5.32 Å². The first-order chi connectivity index (χ1) is 8.13. The van der Waals surface area contributed by atoms with Gasteiger partial charge in [0, 0.05) is 12.1 Å². The minimum atomic E-state index is -0.784. The number of nitrogens with one attached hydrogen (secondary N) is 1. The van der Waals surface area contributed by atoms with Crippen molar-refractivity contribution >= 4 is 5.91 Å². The van der Waals surface area contributed by atoms with Crippen LogP contribution in [-0.4, -0.2) is 18.0 Å². The van der Waals surface area contributed by atoms with Gasteiger partial charge in [-0.3, -0.25) is 4.79 Å². The van der Waals surface area contributed by atoms with Crippen LogP contribution < -0.4 is 11.1 Å². The highest BCUT2D eigenvalue weighted by molar-refractivity contribution is 5.87. The lowest BCUT2D eigenvalue weighted by molar-refractivity contribution is -0.125. The summed E-state index contributed by atoms with van der Waals surface area (Å²) in [6.07, 6.45) is 0. The molecule has 3 N–H and O–H groups in total. The minimum Gasteiger partial charge on any atom is -0.354 e. The standard InChI is InChI=1S/C14H21FN2O/c1-13(2,16)9-17-12(18)14(3,4)10-6-5-7-11(15)8-10/h5-8H,9,16H2,1-4H3,(H,17,18). The second-order valence-corrected chi connectivity index (χ2v) is 5.81. The average Bonchev–Trinajstić information content (AvgIpc) is 2.24. The quantitative estimate of drug-likeness (QED) is 0.860. The zero-order valence-corrected chi connectivity index (χ0v) is 11.4. The van der Waals surface area contributed by atoms with Crippen LogP contribution >= 0.6 is 0 Å². The van der Waals surface area contributed by atoms with Crippen LogP contribution in [0.1, 0.15) is 33.3 Å². The van der Waals surface area contributed by atoms with Crippen molar-refractivity contribution in [3.8, 4) is 0 Å². The lowest BCUT2D eigenvalue weighted by Crippen LogP contribution is -2.49. The van der Waals surface area contributed by atoms with Crippen LogP contribution in [0.25, 0.3) is 0 Å². The van der Waals surface area contributed by atoms with Gasteiger partial charge in [0.05, 0.1) is 5.41 Å². The van der Waals surface area contributed by atoms with Gasteiger partial charge in [-0.2, -0.15) is 0 Å². The monoisotopic (exact) mass is 252 g/mol. The van der Waals surface area contributed by atoms with Crippen LogP contribution in [0.2, 0.25) is 0 Å². The van der Waals surface area contributed by atoms with E-state index in [4.69, 9.17) is 5.73 Å². The zero-order chi connectivity index (χ0) is 14.0. The number of hydrogen-bond donors (Lipinski definition) is 2. The number of carbonyl (C=O) groups excluding carboxylic acids is 1. The van der Waals surface area contributed by atoms with E-state index in [1.165, 1.54) is 12.1 Å². The second kappa shape index (κ2) is 5.06. The molecule has 3 nitrogen and oxygen atoms in total. The number of nitrogens with two attached hydrogens (primary N) is 1. The van der Waals surface area contributed by atoms with Crippen molar-refractivity contribution in [2.45, 2.75) is 38.6 Å². The van der Waals surface area contributed by atoms with Crippen LogP contribution in [0.5, 0.6) is 0 Å². The van der Waals surface area contributed by atoms with E-state index >= 15 is 0 Å². The molecule has 0 unspecified atom stereocenters. The lowest BCUT2D eigenvalue weighted by atomic mass is 9.83. The van der Waals surface area contributed by atoms with Gasteiger partial charge < -0.3 is 11.1 Å². The smallest absolute Gasteiger partial charge is 0.230 e. The normalized spacial score (nSPS) is 12.3. The molecule has 0 atom stereocenters. The van der Waals surface area contributed by atoms with Gasteiger partial charge in [0.2, 0.25) is 5.91 Å². The van der Waals surface area contributed by atoms with Gasteiger partial charge in [-0.1, -0.05) is 12.1 Å². The molecule has 0 fully saturated rings. The molecule has 18 heavy (non-hydrogen) atoms. The van der Waals surface area contributed by atoms with E-state index in [0.29, 0.717) is 12.1 Å². The van der Waals surface area contributed by atoms with Gasteiger partial charge in [-0.25, -0.2) is 4.39 Å². The van der Waals surface area contributed by atoms with E-state index in [-0.39, 0.29) is 11.7 Å². The predicted molar refractivity (Wildman–Crippen MR) is 70.7 cm³/mol. The van der Waals surface area contributed by atoms with Gasteiger partial charge in [-0.15, -0.1) is 0 Å². The molecule has 1 aromatic carbocycles. The summed E-state index contributed by atoms with van der Waals surface area (Å²) in [6.45, 7) is 7.58. The first-order valence-corrected chi connectivity index (χ1v) is 5.96. The van der Waals surface area contributed by atoms with Crippen molar-refractivity contribution in [2.75, 3.05) is 6.54 Å². The van der Waals surface area contributed by atoms with Crippen LogP contribution in [-0.2, 0) is 10.2 Å². The van der Waals surface area contributed by atoms with Crippen LogP contribution in [0.15, 0.2) is 24.3 Å². The Labute approximate surface area is 108 Å². The molecule has 0 heterocycles. The maximum Gasteiger partial charge on any atom is 0.230 e. The van der Waals surface area contributed by atoms with E-state index in [9.17, 15) is 9.18 Å². The summed E-state index contributed by atoms with van der Waals surface area (Å²) in [6, 6.07) is 6.09. The molecule has 0 aliphatic carbocycles. The molecule has 1 rings (SSSR count). The summed E-state index contributed by atoms with van der Waals surface area (Å²) in [5, 5.41) is 2.79. The highest BCUT2D eigenvalue weighted by Crippen LogP contribution is 2.24. The molecule has 1 aromatic rings. The molecule has 0 aliphatic heterocycles. The van der Waals surface area contributed by atoms with Crippen molar-refractivity contribution in [3.05, 3.63) is 35.6 Å². The van der Waals surface area contributed by atoms with Crippen molar-refractivity contribution < 1.29 is 9.18 Å². The zero-order valence-electron chi connectivity index (χ0n) is 11.4. The molecule has 0 aliphatic rings. The Bertz CT molecular complexity index is 436. The Hall–Kier alpha value is -1.42. The van der Waals surface area contributed by atoms with Crippen LogP contribution in [0.3, 0.4) is 0 Å². The molecule has 0 saturated heterocycles. The lowest BCUT2D eigenvalue weighted by Gasteiger charge is -2.27. The Kier molecular flexibility index (Phi) is 4.12. The summed E-state index contributed by atoms with van der Waals surface area (Å²) in [4.78, 5) is 12.1. The van der Waals surface area contributed by atoms with Gasteiger partial charge in [0.25, 0.3) is 0 Å². The molecule has 4 heteroatoms. The summed E-state index contributed by atoms with van der Waals surface area (Å²) in [5.74, 6) is -0.501. The van der Waals surface area contributed by atoms with E-state index in [1.54, 1.807) is 26.0 Å². The molecule has 0 spiro atoms. The minimum absolute atomic E-state index is 0.161. The molecule has 1 amide bonds. The maximum absolute atomic E-state index is 13.2. The van der Waals surface area contributed by atoms with E-state index in [1.807, 2.05) is 13.8 Å². The summed E-state index contributed by atoms with van der Waals surface area (Å²) >= 11 is 0. The fourth-order valence-corrected chi connectivity index (χ4v) is 1.54. The summed E-state index contributed by atoms with van der Waals surface area (Å²) in [7, 11) is 0. The number of carbonyl (C=O) groups is 1. The third kappa shape index (κ3) is 3.81. The molecule has 0 saturated carbocycles. The number of rotatable bonds is 4. The predicted octanol–water partition coefficient (Wildman–Crippen LogP) is 1.96. The summed E-state index contributed by atoms with van der Waals surface area (Å²) < 4.78 is 13.2. The SMILES string of the molecule is CC(C)(N)CNC(=O)C(C)(C)c1cccc(F)c1. The van der Waals surface area contributed by atoms with Gasteiger partial charge in [-0.05, 0) is 45.4 Å². The van der Waals surface area contributed by atoms with Gasteiger partial charge in [0.1, 0.15) is 5.82 Å². The third-order valence-electron chi connectivity index (χ3n) is 2.82. The highest BCUT2D eigenvalue weighted by atomic mass is 19.1. The van der Waals surface area contributed by atoms with Gasteiger partial charge in [0.15, 0.2) is 0 Å². The van der Waals surface area contributed by atoms with E-state index < -0.39 is 11.0 Å². The topological polar surface area (TPSA) is 55.1 Å². The van der Waals surface area contributed by atoms with Crippen molar-refractivity contribution in [3.63, 3.8) is 0 Å². The fraction of sp³-hybridized carbons (Fsp3) is 0.500. The van der Waals surface area contributed by atoms with Crippen molar-refractivity contribution in [2.24, 2.45) is 5.73 Å². The van der Waals surface area contributed by atoms with Crippen LogP contribution in [0, 0.1) is 5.82 Å². The number of hydrogen-bond acceptors (Lipinski definition) is 2. The highest BCUT2D eigenvalue weighted by Gasteiger charge is 2.30. The molecular weight excluding hydrogens is 231 g/mol. The second-order valence-electron chi connectivity index (χ2n) is 5.81. The van der Waals surface area contributed by atoms with Crippen LogP contribution in [0.4, 0.5) is 4.39 Å². The van der Waals surface area contributed by atoms with E-state index in [0.717, 1.165) is 0 Å². The fourth-order valence-electron chi connectivity index (χ4n) is 1.54.